The quantitative estimate of drug-likeness (QED) is 0.707. The van der Waals surface area contributed by atoms with Gasteiger partial charge in [0.25, 0.3) is 0 Å². The van der Waals surface area contributed by atoms with Crippen molar-refractivity contribution in [3.63, 3.8) is 0 Å². The third kappa shape index (κ3) is 4.37. The predicted octanol–water partition coefficient (Wildman–Crippen LogP) is 2.63. The van der Waals surface area contributed by atoms with Gasteiger partial charge in [-0.05, 0) is 37.0 Å². The zero-order valence-electron chi connectivity index (χ0n) is 12.2. The van der Waals surface area contributed by atoms with Crippen LogP contribution in [-0.4, -0.2) is 23.8 Å². The normalized spacial score (nSPS) is 17.0. The smallest absolute Gasteiger partial charge is 0.315 e. The summed E-state index contributed by atoms with van der Waals surface area (Å²) in [6, 6.07) is -0.0796. The summed E-state index contributed by atoms with van der Waals surface area (Å²) in [5, 5.41) is 14.4. The molecule has 0 bridgehead atoms. The fourth-order valence-corrected chi connectivity index (χ4v) is 2.35. The molecule has 0 spiro atoms. The number of urea groups is 1. The summed E-state index contributed by atoms with van der Waals surface area (Å²) >= 11 is 0. The van der Waals surface area contributed by atoms with Gasteiger partial charge in [0.15, 0.2) is 17.5 Å². The zero-order chi connectivity index (χ0) is 16.3. The average molecular weight is 316 g/mol. The van der Waals surface area contributed by atoms with Crippen molar-refractivity contribution in [2.75, 3.05) is 6.61 Å². The topological polar surface area (TPSA) is 61.4 Å². The van der Waals surface area contributed by atoms with E-state index in [0.29, 0.717) is 5.92 Å². The minimum Gasteiger partial charge on any atom is -0.394 e. The van der Waals surface area contributed by atoms with Gasteiger partial charge >= 0.3 is 6.03 Å². The first-order valence-electron chi connectivity index (χ1n) is 7.23. The molecule has 122 valence electrons. The Kier molecular flexibility index (Phi) is 5.28. The Hall–Kier alpha value is -1.76. The molecule has 1 saturated carbocycles. The predicted molar refractivity (Wildman–Crippen MR) is 74.6 cm³/mol. The van der Waals surface area contributed by atoms with Crippen LogP contribution in [0, 0.1) is 23.4 Å². The van der Waals surface area contributed by atoms with Crippen molar-refractivity contribution < 1.29 is 23.1 Å². The maximum absolute atomic E-state index is 13.2. The van der Waals surface area contributed by atoms with Gasteiger partial charge in [-0.15, -0.1) is 0 Å². The van der Waals surface area contributed by atoms with Gasteiger partial charge in [-0.25, -0.2) is 18.0 Å². The second-order valence-electron chi connectivity index (χ2n) is 5.73. The van der Waals surface area contributed by atoms with E-state index < -0.39 is 36.1 Å². The highest BCUT2D eigenvalue weighted by molar-refractivity contribution is 5.74. The van der Waals surface area contributed by atoms with Crippen LogP contribution in [-0.2, 0) is 0 Å². The number of benzene rings is 1. The van der Waals surface area contributed by atoms with Crippen LogP contribution in [0.25, 0.3) is 0 Å². The molecular formula is C15H19F3N2O2. The van der Waals surface area contributed by atoms with Gasteiger partial charge in [-0.2, -0.15) is 0 Å². The molecule has 2 amide bonds. The summed E-state index contributed by atoms with van der Waals surface area (Å²) in [6.07, 6.45) is 3.21. The SMILES string of the molecule is CC(CC1CC1)NC(=O)NC(CO)c1cc(F)c(F)c(F)c1. The molecule has 3 N–H and O–H groups in total. The van der Waals surface area contributed by atoms with Crippen LogP contribution in [0.5, 0.6) is 0 Å². The summed E-state index contributed by atoms with van der Waals surface area (Å²) < 4.78 is 39.3. The lowest BCUT2D eigenvalue weighted by Crippen LogP contribution is -2.43. The molecule has 22 heavy (non-hydrogen) atoms. The van der Waals surface area contributed by atoms with Crippen LogP contribution in [0.15, 0.2) is 12.1 Å². The van der Waals surface area contributed by atoms with Crippen LogP contribution >= 0.6 is 0 Å². The summed E-state index contributed by atoms with van der Waals surface area (Å²) in [5.74, 6) is -3.66. The molecule has 2 unspecified atom stereocenters. The van der Waals surface area contributed by atoms with Crippen LogP contribution < -0.4 is 10.6 Å². The molecule has 4 nitrogen and oxygen atoms in total. The molecule has 0 aliphatic heterocycles. The summed E-state index contributed by atoms with van der Waals surface area (Å²) in [7, 11) is 0. The Morgan fingerprint density at radius 3 is 2.36 bits per heavy atom. The van der Waals surface area contributed by atoms with Crippen molar-refractivity contribution in [1.29, 1.82) is 0 Å². The fourth-order valence-electron chi connectivity index (χ4n) is 2.35. The number of halogens is 3. The number of carbonyl (C=O) groups is 1. The van der Waals surface area contributed by atoms with E-state index in [1.54, 1.807) is 0 Å². The van der Waals surface area contributed by atoms with Gasteiger partial charge in [0, 0.05) is 6.04 Å². The molecule has 7 heteroatoms. The zero-order valence-corrected chi connectivity index (χ0v) is 12.2. The largest absolute Gasteiger partial charge is 0.394 e. The van der Waals surface area contributed by atoms with Gasteiger partial charge in [0.05, 0.1) is 12.6 Å². The van der Waals surface area contributed by atoms with Crippen LogP contribution in [0.2, 0.25) is 0 Å². The number of hydrogen-bond donors (Lipinski definition) is 3. The number of aliphatic hydroxyl groups is 1. The Morgan fingerprint density at radius 2 is 1.86 bits per heavy atom. The van der Waals surface area contributed by atoms with Gasteiger partial charge < -0.3 is 15.7 Å². The van der Waals surface area contributed by atoms with Gasteiger partial charge in [0.1, 0.15) is 0 Å². The number of amides is 2. The van der Waals surface area contributed by atoms with E-state index in [1.165, 1.54) is 12.8 Å². The molecule has 0 saturated heterocycles. The molecule has 1 aromatic carbocycles. The second-order valence-corrected chi connectivity index (χ2v) is 5.73. The standard InChI is InChI=1S/C15H19F3N2O2/c1-8(4-9-2-3-9)19-15(22)20-13(7-21)10-5-11(16)14(18)12(17)6-10/h5-6,8-9,13,21H,2-4,7H2,1H3,(H2,19,20,22). The average Bonchev–Trinajstić information content (AvgIpc) is 3.25. The first-order chi connectivity index (χ1) is 10.4. The maximum Gasteiger partial charge on any atom is 0.315 e. The Labute approximate surface area is 126 Å². The van der Waals surface area contributed by atoms with Gasteiger partial charge in [-0.3, -0.25) is 0 Å². The van der Waals surface area contributed by atoms with Crippen molar-refractivity contribution >= 4 is 6.03 Å². The van der Waals surface area contributed by atoms with Crippen molar-refractivity contribution in [2.45, 2.75) is 38.3 Å². The third-order valence-corrected chi connectivity index (χ3v) is 3.66. The summed E-state index contributed by atoms with van der Waals surface area (Å²) in [6.45, 7) is 1.30. The van der Waals surface area contributed by atoms with Crippen LogP contribution in [0.4, 0.5) is 18.0 Å². The van der Waals surface area contributed by atoms with Crippen LogP contribution in [0.3, 0.4) is 0 Å². The van der Waals surface area contributed by atoms with E-state index in [2.05, 4.69) is 10.6 Å². The molecule has 1 aliphatic carbocycles. The highest BCUT2D eigenvalue weighted by Gasteiger charge is 2.25. The number of hydrogen-bond acceptors (Lipinski definition) is 2. The van der Waals surface area contributed by atoms with Crippen molar-refractivity contribution in [3.05, 3.63) is 35.1 Å². The number of rotatable bonds is 6. The third-order valence-electron chi connectivity index (χ3n) is 3.66. The van der Waals surface area contributed by atoms with Crippen molar-refractivity contribution in [1.82, 2.24) is 10.6 Å². The second kappa shape index (κ2) is 7.00. The molecule has 1 fully saturated rings. The lowest BCUT2D eigenvalue weighted by atomic mass is 10.1. The van der Waals surface area contributed by atoms with Crippen molar-refractivity contribution in [3.8, 4) is 0 Å². The Bertz CT molecular complexity index is 527. The molecule has 0 heterocycles. The summed E-state index contributed by atoms with van der Waals surface area (Å²) in [5.41, 5.74) is -0.0381. The van der Waals surface area contributed by atoms with E-state index in [0.717, 1.165) is 18.6 Å². The van der Waals surface area contributed by atoms with Gasteiger partial charge in [-0.1, -0.05) is 12.8 Å². The first-order valence-corrected chi connectivity index (χ1v) is 7.23. The molecular weight excluding hydrogens is 297 g/mol. The van der Waals surface area contributed by atoms with E-state index in [-0.39, 0.29) is 11.6 Å². The molecule has 2 rings (SSSR count). The van der Waals surface area contributed by atoms with E-state index in [4.69, 9.17) is 0 Å². The molecule has 0 radical (unpaired) electrons. The summed E-state index contributed by atoms with van der Waals surface area (Å²) in [4.78, 5) is 11.8. The number of nitrogens with one attached hydrogen (secondary N) is 2. The van der Waals surface area contributed by atoms with Crippen molar-refractivity contribution in [2.24, 2.45) is 5.92 Å². The highest BCUT2D eigenvalue weighted by Crippen LogP contribution is 2.33. The fraction of sp³-hybridized carbons (Fsp3) is 0.533. The molecule has 0 aromatic heterocycles. The van der Waals surface area contributed by atoms with Crippen LogP contribution in [0.1, 0.15) is 37.8 Å². The van der Waals surface area contributed by atoms with Gasteiger partial charge in [0.2, 0.25) is 0 Å². The molecule has 1 aromatic rings. The Balaban J connectivity index is 1.97. The Morgan fingerprint density at radius 1 is 1.27 bits per heavy atom. The minimum atomic E-state index is -1.58. The van der Waals surface area contributed by atoms with E-state index in [1.807, 2.05) is 6.92 Å². The maximum atomic E-state index is 13.2. The lowest BCUT2D eigenvalue weighted by molar-refractivity contribution is 0.213. The number of aliphatic hydroxyl groups excluding tert-OH is 1. The molecule has 2 atom stereocenters. The lowest BCUT2D eigenvalue weighted by Gasteiger charge is -2.20. The van der Waals surface area contributed by atoms with E-state index >= 15 is 0 Å². The highest BCUT2D eigenvalue weighted by atomic mass is 19.2. The molecule has 1 aliphatic rings. The first kappa shape index (κ1) is 16.6. The van der Waals surface area contributed by atoms with E-state index in [9.17, 15) is 23.1 Å². The monoisotopic (exact) mass is 316 g/mol. The number of carbonyl (C=O) groups excluding carboxylic acids is 1. The minimum absolute atomic E-state index is 0.0338.